The van der Waals surface area contributed by atoms with Crippen molar-refractivity contribution in [3.05, 3.63) is 114 Å². The van der Waals surface area contributed by atoms with Gasteiger partial charge in [0.2, 0.25) is 0 Å². The van der Waals surface area contributed by atoms with Crippen LogP contribution in [-0.2, 0) is 46.6 Å². The van der Waals surface area contributed by atoms with Crippen LogP contribution in [-0.4, -0.2) is 33.9 Å². The van der Waals surface area contributed by atoms with Crippen molar-refractivity contribution in [2.24, 2.45) is 0 Å². The average Bonchev–Trinajstić information content (AvgIpc) is 3.08. The number of benzene rings is 4. The van der Waals surface area contributed by atoms with Gasteiger partial charge in [-0.1, -0.05) is 105 Å². The zero-order chi connectivity index (χ0) is 31.8. The minimum atomic E-state index is -0.688. The Kier molecular flexibility index (Phi) is 22.6. The van der Waals surface area contributed by atoms with Crippen molar-refractivity contribution in [1.82, 2.24) is 0 Å². The van der Waals surface area contributed by atoms with Crippen LogP contribution in [0.2, 0.25) is 0 Å². The van der Waals surface area contributed by atoms with Gasteiger partial charge < -0.3 is 4.74 Å². The fourth-order valence-corrected chi connectivity index (χ4v) is 6.97. The molecule has 41 heavy (non-hydrogen) atoms. The minimum Gasteiger partial charge on any atom is -0.281 e. The van der Waals surface area contributed by atoms with Crippen LogP contribution in [0.5, 0.6) is 11.5 Å². The second kappa shape index (κ2) is 23.3. The van der Waals surface area contributed by atoms with Crippen molar-refractivity contribution in [3.8, 4) is 11.5 Å². The molecule has 0 N–H and O–H groups in total. The maximum absolute atomic E-state index is 7.50. The van der Waals surface area contributed by atoms with Crippen molar-refractivity contribution in [1.29, 1.82) is 0 Å². The Balaban J connectivity index is 0. The van der Waals surface area contributed by atoms with Crippen molar-refractivity contribution in [2.75, 3.05) is 0 Å². The molecule has 1 aliphatic heterocycles. The molecule has 0 amide bonds. The van der Waals surface area contributed by atoms with E-state index in [-0.39, 0.29) is 5.41 Å². The summed E-state index contributed by atoms with van der Waals surface area (Å²) in [5.41, 5.74) is 2.42. The maximum atomic E-state index is 7.50. The largest absolute Gasteiger partial charge is 0.281 e. The summed E-state index contributed by atoms with van der Waals surface area (Å²) in [6.45, 7) is 27.1. The van der Waals surface area contributed by atoms with Gasteiger partial charge in [0.15, 0.2) is 0 Å². The van der Waals surface area contributed by atoms with Gasteiger partial charge >= 0.3 is 30.6 Å². The second-order valence-electron chi connectivity index (χ2n) is 7.88. The molecule has 0 bridgehead atoms. The maximum Gasteiger partial charge on any atom is 0.281 e. The fourth-order valence-electron chi connectivity index (χ4n) is 4.33. The third-order valence-corrected chi connectivity index (χ3v) is 8.16. The van der Waals surface area contributed by atoms with Crippen molar-refractivity contribution < 1.29 is 45.9 Å². The number of halogens is 1. The number of rotatable bonds is 3. The van der Waals surface area contributed by atoms with Gasteiger partial charge in [-0.2, -0.15) is 0 Å². The Hall–Kier alpha value is -3.40. The smallest absolute Gasteiger partial charge is 0.281 e. The summed E-state index contributed by atoms with van der Waals surface area (Å²) in [6, 6.07) is 36.7. The Morgan fingerprint density at radius 3 is 1.41 bits per heavy atom. The van der Waals surface area contributed by atoms with E-state index in [2.05, 4.69) is 158 Å². The monoisotopic (exact) mass is 800 g/mol. The number of hydrogen-bond donors (Lipinski definition) is 0. The predicted molar refractivity (Wildman–Crippen MR) is 161 cm³/mol. The van der Waals surface area contributed by atoms with Crippen LogP contribution in [0.15, 0.2) is 103 Å². The molecule has 0 saturated heterocycles. The summed E-state index contributed by atoms with van der Waals surface area (Å²) in [5.74, 6) is 1.94. The predicted octanol–water partition coefficient (Wildman–Crippen LogP) is 4.73. The van der Waals surface area contributed by atoms with Crippen LogP contribution in [0.4, 0.5) is 0 Å². The average molecular weight is 801 g/mol. The first kappa shape index (κ1) is 39.7. The Morgan fingerprint density at radius 1 is 0.561 bits per heavy atom. The van der Waals surface area contributed by atoms with E-state index in [9.17, 15) is 0 Å². The van der Waals surface area contributed by atoms with Gasteiger partial charge in [0.1, 0.15) is 11.5 Å². The van der Waals surface area contributed by atoms with Crippen molar-refractivity contribution >= 4 is 71.2 Å². The molecular weight excluding hydrogens is 777 g/mol. The van der Waals surface area contributed by atoms with Gasteiger partial charge in [-0.05, 0) is 36.0 Å². The van der Waals surface area contributed by atoms with Crippen molar-refractivity contribution in [3.63, 3.8) is 0 Å². The topological polar surface area (TPSA) is 94.6 Å². The van der Waals surface area contributed by atoms with E-state index in [1.54, 1.807) is 0 Å². The van der Waals surface area contributed by atoms with Crippen LogP contribution in [0, 0.1) is 0 Å². The summed E-state index contributed by atoms with van der Waals surface area (Å²) in [6.07, 6.45) is 0. The molecule has 0 atom stereocenters. The molecule has 4 aromatic rings. The molecule has 1 aliphatic rings. The minimum absolute atomic E-state index is 0.134. The summed E-state index contributed by atoms with van der Waals surface area (Å²) >= 11 is 4.53. The first-order valence-corrected chi connectivity index (χ1v) is 18.4. The van der Waals surface area contributed by atoms with Gasteiger partial charge in [-0.25, -0.2) is 0 Å². The van der Waals surface area contributed by atoms with E-state index in [0.717, 1.165) is 11.5 Å². The summed E-state index contributed by atoms with van der Waals surface area (Å²) in [5, 5.41) is 4.09. The van der Waals surface area contributed by atoms with Crippen LogP contribution >= 0.6 is 21.4 Å². The van der Waals surface area contributed by atoms with E-state index in [1.165, 1.54) is 44.2 Å². The third kappa shape index (κ3) is 10.2. The first-order valence-electron chi connectivity index (χ1n) is 11.1. The number of hydrogen-bond acceptors (Lipinski definition) is 6. The molecule has 0 unspecified atom stereocenters. The van der Waals surface area contributed by atoms with Crippen LogP contribution < -0.4 is 20.7 Å². The number of ether oxygens (including phenoxy) is 1. The fraction of sp³-hybridized carbons (Fsp3) is 0.0938. The van der Waals surface area contributed by atoms with Crippen LogP contribution in [0.1, 0.15) is 25.0 Å². The third-order valence-electron chi connectivity index (χ3n) is 5.68. The van der Waals surface area contributed by atoms with Gasteiger partial charge in [0.05, 0.1) is 0 Å². The Morgan fingerprint density at radius 2 is 0.951 bits per heavy atom. The number of fused-ring (bicyclic) bond motifs is 2. The van der Waals surface area contributed by atoms with E-state index < -0.39 is 7.92 Å². The molecule has 0 spiro atoms. The van der Waals surface area contributed by atoms with E-state index in [4.69, 9.17) is 28.7 Å². The second-order valence-corrected chi connectivity index (χ2v) is 10.1. The van der Waals surface area contributed by atoms with E-state index >= 15 is 0 Å². The molecule has 4 aromatic carbocycles. The van der Waals surface area contributed by atoms with Crippen LogP contribution in [0.3, 0.4) is 0 Å². The number of para-hydroxylation sites is 1. The molecule has 0 aromatic heterocycles. The van der Waals surface area contributed by atoms with Crippen molar-refractivity contribution in [2.45, 2.75) is 19.3 Å². The molecule has 0 aliphatic carbocycles. The van der Waals surface area contributed by atoms with E-state index in [0.29, 0.717) is 0 Å². The van der Waals surface area contributed by atoms with Crippen LogP contribution in [0.25, 0.3) is 0 Å². The van der Waals surface area contributed by atoms with Gasteiger partial charge in [-0.3, -0.25) is 24.0 Å². The zero-order valence-corrected chi connectivity index (χ0v) is 27.2. The summed E-state index contributed by atoms with van der Waals surface area (Å²) < 4.78 is 6.39. The molecule has 206 valence electrons. The molecule has 9 heteroatoms. The molecule has 6 nitrogen and oxygen atoms in total. The zero-order valence-electron chi connectivity index (χ0n) is 22.0. The van der Waals surface area contributed by atoms with Gasteiger partial charge in [-0.15, -0.1) is 0 Å². The molecule has 5 rings (SSSR count). The Labute approximate surface area is 260 Å². The standard InChI is InChI=1S/C27H23OP.5CO.BrH.Re/c1-27(2)22-16-9-10-17-23(22)28-24-18-11-19-25(26(24)27)29(20-12-5-3-6-13-20)21-14-7-4-8-15-21;5*1-2;;/h3-19H,1-2H3;;;;;;1H;/q;;;;;;;+1/p-1. The first-order chi connectivity index (χ1) is 20.2. The molecule has 0 saturated carbocycles. The van der Waals surface area contributed by atoms with Gasteiger partial charge in [0, 0.05) is 16.5 Å². The molecule has 10 radical (unpaired) electrons. The quantitative estimate of drug-likeness (QED) is 0.279. The Bertz CT molecular complexity index is 1210. The molecule has 1 heterocycles. The van der Waals surface area contributed by atoms with Gasteiger partial charge in [0.25, 0.3) is 33.9 Å². The normalized spacial score (nSPS) is 10.6. The van der Waals surface area contributed by atoms with E-state index in [1.807, 2.05) is 6.07 Å². The molecule has 0 fully saturated rings. The summed E-state index contributed by atoms with van der Waals surface area (Å²) in [7, 11) is -0.688. The molecular formula is C32H23BrO6PRe. The summed E-state index contributed by atoms with van der Waals surface area (Å²) in [4.78, 5) is 37.5. The number of carbonyl (C=O) groups excluding carboxylic acids is 5. The SMILES string of the molecule is CC1(C)c2ccccc2Oc2cccc(P(c3ccccc3)c3ccccc3)c21.[Br][Re].[C]=O.[C]=O.[C]=O.[C]=O.[C]=O.